The topological polar surface area (TPSA) is 149 Å². The van der Waals surface area contributed by atoms with Crippen LogP contribution in [0, 0.1) is 6.92 Å². The number of nitrogens with zero attached hydrogens (tertiary/aromatic N) is 8. The minimum Gasteiger partial charge on any atom is -0.485 e. The zero-order valence-electron chi connectivity index (χ0n) is 33.8. The standard InChI is InChI=1S/C44H41ClF3N9O5/c1-3-34-37(54-16-18-55(19-17-54)40(59)36-38(26(2)49-25-50-36)61-23-27-8-5-4-6-9-27)41(60)57-42(56(34)22-35(58)51-33-13-11-30(21-32(33)45)44(46,47)48)52-39(53-57)28-10-12-31-29(20-28)24-62-43(31)14-7-15-43/h4-6,8-13,20-21,25H,3,7,14-19,22-24H2,1-2H3,(H,51,58). The van der Waals surface area contributed by atoms with Gasteiger partial charge in [-0.05, 0) is 73.6 Å². The van der Waals surface area contributed by atoms with E-state index in [0.29, 0.717) is 29.3 Å². The van der Waals surface area contributed by atoms with E-state index in [9.17, 15) is 27.6 Å². The van der Waals surface area contributed by atoms with Gasteiger partial charge in [0, 0.05) is 31.7 Å². The first-order valence-corrected chi connectivity index (χ1v) is 20.7. The van der Waals surface area contributed by atoms with Crippen molar-refractivity contribution in [2.45, 2.75) is 71.1 Å². The van der Waals surface area contributed by atoms with Crippen molar-refractivity contribution in [2.24, 2.45) is 0 Å². The molecule has 0 unspecified atom stereocenters. The number of amides is 2. The van der Waals surface area contributed by atoms with Gasteiger partial charge in [-0.15, -0.1) is 5.10 Å². The number of halogens is 4. The maximum Gasteiger partial charge on any atom is 0.416 e. The number of benzene rings is 3. The van der Waals surface area contributed by atoms with Crippen molar-refractivity contribution in [3.63, 3.8) is 0 Å². The predicted octanol–water partition coefficient (Wildman–Crippen LogP) is 6.98. The highest BCUT2D eigenvalue weighted by molar-refractivity contribution is 6.33. The second kappa shape index (κ2) is 16.2. The molecular weight excluding hydrogens is 827 g/mol. The molecule has 2 fully saturated rings. The van der Waals surface area contributed by atoms with Crippen LogP contribution in [0.3, 0.4) is 0 Å². The number of anilines is 2. The Hall–Kier alpha value is -6.33. The number of hydrogen-bond donors (Lipinski definition) is 1. The lowest BCUT2D eigenvalue weighted by molar-refractivity contribution is -0.137. The van der Waals surface area contributed by atoms with Gasteiger partial charge >= 0.3 is 6.18 Å². The summed E-state index contributed by atoms with van der Waals surface area (Å²) in [6, 6.07) is 18.1. The summed E-state index contributed by atoms with van der Waals surface area (Å²) in [6.45, 7) is 4.86. The van der Waals surface area contributed by atoms with Crippen LogP contribution in [-0.4, -0.2) is 72.0 Å². The highest BCUT2D eigenvalue weighted by Crippen LogP contribution is 2.51. The van der Waals surface area contributed by atoms with Crippen LogP contribution in [0.15, 0.2) is 77.9 Å². The summed E-state index contributed by atoms with van der Waals surface area (Å²) in [4.78, 5) is 59.3. The quantitative estimate of drug-likeness (QED) is 0.153. The summed E-state index contributed by atoms with van der Waals surface area (Å²) < 4.78 is 55.2. The molecule has 2 amide bonds. The Bertz CT molecular complexity index is 2780. The van der Waals surface area contributed by atoms with E-state index in [0.717, 1.165) is 54.2 Å². The molecule has 9 rings (SSSR count). The predicted molar refractivity (Wildman–Crippen MR) is 223 cm³/mol. The second-order valence-electron chi connectivity index (χ2n) is 15.6. The number of carbonyl (C=O) groups is 2. The van der Waals surface area contributed by atoms with E-state index in [-0.39, 0.29) is 91.0 Å². The Kier molecular flexibility index (Phi) is 10.7. The number of alkyl halides is 3. The van der Waals surface area contributed by atoms with E-state index in [2.05, 4.69) is 15.3 Å². The van der Waals surface area contributed by atoms with Gasteiger partial charge in [-0.2, -0.15) is 22.7 Å². The molecule has 1 saturated heterocycles. The van der Waals surface area contributed by atoms with E-state index >= 15 is 0 Å². The summed E-state index contributed by atoms with van der Waals surface area (Å²) >= 11 is 6.21. The van der Waals surface area contributed by atoms with Gasteiger partial charge in [0.2, 0.25) is 11.7 Å². The number of ether oxygens (including phenoxy) is 2. The first-order valence-electron chi connectivity index (χ1n) is 20.3. The summed E-state index contributed by atoms with van der Waals surface area (Å²) in [7, 11) is 0. The average molecular weight is 868 g/mol. The monoisotopic (exact) mass is 867 g/mol. The third-order valence-electron chi connectivity index (χ3n) is 11.8. The Labute approximate surface area is 358 Å². The Balaban J connectivity index is 1.03. The highest BCUT2D eigenvalue weighted by atomic mass is 35.5. The van der Waals surface area contributed by atoms with Crippen LogP contribution in [-0.2, 0) is 47.5 Å². The van der Waals surface area contributed by atoms with Crippen LogP contribution in [0.2, 0.25) is 5.02 Å². The first kappa shape index (κ1) is 41.0. The van der Waals surface area contributed by atoms with Crippen molar-refractivity contribution in [2.75, 3.05) is 36.4 Å². The number of carbonyl (C=O) groups excluding carboxylic acids is 2. The van der Waals surface area contributed by atoms with Crippen LogP contribution < -0.4 is 20.5 Å². The zero-order valence-corrected chi connectivity index (χ0v) is 34.6. The van der Waals surface area contributed by atoms with E-state index in [1.165, 1.54) is 10.8 Å². The highest BCUT2D eigenvalue weighted by Gasteiger charge is 2.45. The Morgan fingerprint density at radius 1 is 1.00 bits per heavy atom. The summed E-state index contributed by atoms with van der Waals surface area (Å²) in [5.74, 6) is -0.309. The van der Waals surface area contributed by atoms with Crippen LogP contribution in [0.1, 0.15) is 70.3 Å². The van der Waals surface area contributed by atoms with Crippen molar-refractivity contribution >= 4 is 40.6 Å². The van der Waals surface area contributed by atoms with Crippen LogP contribution in [0.25, 0.3) is 17.2 Å². The van der Waals surface area contributed by atoms with E-state index in [1.54, 1.807) is 16.4 Å². The van der Waals surface area contributed by atoms with Crippen molar-refractivity contribution in [1.82, 2.24) is 34.0 Å². The summed E-state index contributed by atoms with van der Waals surface area (Å²) in [6.07, 6.45) is 0.0114. The van der Waals surface area contributed by atoms with Crippen molar-refractivity contribution < 1.29 is 32.2 Å². The Morgan fingerprint density at radius 3 is 2.47 bits per heavy atom. The smallest absolute Gasteiger partial charge is 0.416 e. The first-order chi connectivity index (χ1) is 29.8. The molecule has 2 aliphatic heterocycles. The van der Waals surface area contributed by atoms with Crippen molar-refractivity contribution in [3.8, 4) is 17.1 Å². The van der Waals surface area contributed by atoms with Crippen molar-refractivity contribution in [3.05, 3.63) is 128 Å². The number of nitrogens with one attached hydrogen (secondary N) is 1. The summed E-state index contributed by atoms with van der Waals surface area (Å²) in [5.41, 5.74) is 3.49. The third-order valence-corrected chi connectivity index (χ3v) is 12.2. The number of piperazine rings is 1. The molecule has 1 spiro atoms. The molecule has 0 atom stereocenters. The molecule has 1 aliphatic carbocycles. The lowest BCUT2D eigenvalue weighted by atomic mass is 9.75. The number of hydrogen-bond acceptors (Lipinski definition) is 10. The van der Waals surface area contributed by atoms with Crippen molar-refractivity contribution in [1.29, 1.82) is 0 Å². The van der Waals surface area contributed by atoms with Gasteiger partial charge in [0.15, 0.2) is 17.3 Å². The number of aryl methyl sites for hydroxylation is 1. The third kappa shape index (κ3) is 7.52. The normalized spacial score (nSPS) is 15.8. The minimum absolute atomic E-state index is 0.0138. The molecule has 18 heteroatoms. The molecule has 62 heavy (non-hydrogen) atoms. The van der Waals surface area contributed by atoms with Crippen LogP contribution in [0.5, 0.6) is 5.75 Å². The van der Waals surface area contributed by atoms with E-state index in [1.807, 2.05) is 60.4 Å². The Morgan fingerprint density at radius 2 is 1.77 bits per heavy atom. The average Bonchev–Trinajstić information content (AvgIpc) is 3.88. The lowest BCUT2D eigenvalue weighted by Gasteiger charge is -2.38. The van der Waals surface area contributed by atoms with Gasteiger partial charge in [-0.25, -0.2) is 9.97 Å². The molecule has 0 bridgehead atoms. The minimum atomic E-state index is -4.62. The SMILES string of the molecule is CCc1c(N2CCN(C(=O)c3ncnc(C)c3OCc3ccccc3)CC2)c(=O)n2nc(-c3ccc4c(c3)COC43CCC3)nc2n1CC(=O)Nc1ccc(C(F)(F)F)cc1Cl. The fraction of sp³-hybridized carbons (Fsp3) is 0.341. The van der Waals surface area contributed by atoms with Gasteiger partial charge in [0.1, 0.15) is 25.2 Å². The lowest BCUT2D eigenvalue weighted by Crippen LogP contribution is -2.51. The molecule has 6 aromatic rings. The second-order valence-corrected chi connectivity index (χ2v) is 16.0. The largest absolute Gasteiger partial charge is 0.485 e. The molecule has 0 radical (unpaired) electrons. The molecular formula is C44H41ClF3N9O5. The maximum absolute atomic E-state index is 14.6. The molecule has 3 aromatic carbocycles. The molecule has 320 valence electrons. The van der Waals surface area contributed by atoms with Crippen LogP contribution >= 0.6 is 11.6 Å². The molecule has 1 saturated carbocycles. The molecule has 1 N–H and O–H groups in total. The molecule has 14 nitrogen and oxygen atoms in total. The van der Waals surface area contributed by atoms with Gasteiger partial charge in [-0.3, -0.25) is 14.4 Å². The van der Waals surface area contributed by atoms with Gasteiger partial charge < -0.3 is 29.2 Å². The number of rotatable bonds is 10. The fourth-order valence-electron chi connectivity index (χ4n) is 8.48. The number of aromatic nitrogens is 6. The van der Waals surface area contributed by atoms with E-state index < -0.39 is 23.2 Å². The van der Waals surface area contributed by atoms with Gasteiger partial charge in [0.05, 0.1) is 39.9 Å². The molecule has 5 heterocycles. The van der Waals surface area contributed by atoms with Gasteiger partial charge in [0.25, 0.3) is 11.5 Å². The fourth-order valence-corrected chi connectivity index (χ4v) is 8.71. The molecule has 3 aromatic heterocycles. The van der Waals surface area contributed by atoms with Gasteiger partial charge in [-0.1, -0.05) is 61.0 Å². The van der Waals surface area contributed by atoms with Crippen LogP contribution in [0.4, 0.5) is 24.5 Å². The zero-order chi connectivity index (χ0) is 43.3. The van der Waals surface area contributed by atoms with E-state index in [4.69, 9.17) is 31.2 Å². The maximum atomic E-state index is 14.6. The number of fused-ring (bicyclic) bond motifs is 3. The molecule has 3 aliphatic rings. The summed E-state index contributed by atoms with van der Waals surface area (Å²) in [5, 5.41) is 7.04.